The second kappa shape index (κ2) is 8.04. The van der Waals surface area contributed by atoms with E-state index in [1.165, 1.54) is 12.0 Å². The summed E-state index contributed by atoms with van der Waals surface area (Å²) in [5, 5.41) is 9.92. The average molecular weight is 411 g/mol. The van der Waals surface area contributed by atoms with E-state index in [0.717, 1.165) is 31.2 Å². The summed E-state index contributed by atoms with van der Waals surface area (Å²) < 4.78 is 0. The number of aliphatic hydroxyl groups excluding tert-OH is 1. The first-order valence-corrected chi connectivity index (χ1v) is 14.8. The average Bonchev–Trinajstić information content (AvgIpc) is 3.03. The zero-order chi connectivity index (χ0) is 21.4. The number of carbonyl (C=O) groups excluding carboxylic acids is 1. The van der Waals surface area contributed by atoms with E-state index in [1.54, 1.807) is 0 Å². The Kier molecular flexibility index (Phi) is 6.19. The normalized spacial score (nSPS) is 30.1. The van der Waals surface area contributed by atoms with Gasteiger partial charge in [0.1, 0.15) is 5.78 Å². The van der Waals surface area contributed by atoms with E-state index in [2.05, 4.69) is 76.5 Å². The largest absolute Gasteiger partial charge is 0.396 e. The van der Waals surface area contributed by atoms with Crippen LogP contribution in [0.3, 0.4) is 0 Å². The third kappa shape index (κ3) is 3.99. The predicted molar refractivity (Wildman–Crippen MR) is 123 cm³/mol. The van der Waals surface area contributed by atoms with Crippen LogP contribution in [-0.4, -0.2) is 25.6 Å². The number of aliphatic hydroxyl groups is 1. The molecule has 0 aromatic heterocycles. The molecule has 0 spiro atoms. The van der Waals surface area contributed by atoms with E-state index in [1.807, 2.05) is 0 Å². The van der Waals surface area contributed by atoms with Crippen molar-refractivity contribution in [2.24, 2.45) is 23.2 Å². The fourth-order valence-electron chi connectivity index (χ4n) is 5.77. The lowest BCUT2D eigenvalue weighted by Crippen LogP contribution is -2.49. The summed E-state index contributed by atoms with van der Waals surface area (Å²) in [7, 11) is -1.57. The van der Waals surface area contributed by atoms with E-state index in [9.17, 15) is 9.90 Å². The number of rotatable bonds is 4. The minimum Gasteiger partial charge on any atom is -0.396 e. The van der Waals surface area contributed by atoms with Crippen LogP contribution in [0.2, 0.25) is 19.6 Å². The summed E-state index contributed by atoms with van der Waals surface area (Å²) in [5.41, 5.74) is 2.40. The van der Waals surface area contributed by atoms with Crippen LogP contribution in [0.4, 0.5) is 0 Å². The van der Waals surface area contributed by atoms with Gasteiger partial charge in [0.15, 0.2) is 0 Å². The van der Waals surface area contributed by atoms with Gasteiger partial charge in [0.25, 0.3) is 0 Å². The van der Waals surface area contributed by atoms with Gasteiger partial charge in [-0.2, -0.15) is 0 Å². The third-order valence-corrected chi connectivity index (χ3v) is 12.2. The molecule has 158 valence electrons. The fourth-order valence-corrected chi connectivity index (χ4v) is 7.28. The Morgan fingerprint density at radius 1 is 1.24 bits per heavy atom. The Morgan fingerprint density at radius 3 is 2.48 bits per heavy atom. The number of ketones is 1. The highest BCUT2D eigenvalue weighted by Crippen LogP contribution is 2.56. The maximum Gasteiger partial charge on any atom is 0.136 e. The Labute approximate surface area is 178 Å². The third-order valence-electron chi connectivity index (χ3n) is 8.48. The van der Waals surface area contributed by atoms with Crippen molar-refractivity contribution in [1.82, 2.24) is 0 Å². The highest BCUT2D eigenvalue weighted by molar-refractivity contribution is 6.79. The fraction of sp³-hybridized carbons (Fsp3) is 0.654. The first kappa shape index (κ1) is 22.3. The van der Waals surface area contributed by atoms with Crippen molar-refractivity contribution < 1.29 is 9.90 Å². The molecule has 1 unspecified atom stereocenters. The molecule has 2 nitrogen and oxygen atoms in total. The van der Waals surface area contributed by atoms with Crippen molar-refractivity contribution in [3.63, 3.8) is 0 Å². The first-order chi connectivity index (χ1) is 13.5. The minimum absolute atomic E-state index is 0.146. The molecule has 2 aliphatic rings. The molecule has 0 amide bonds. The lowest BCUT2D eigenvalue weighted by atomic mass is 9.62. The van der Waals surface area contributed by atoms with Gasteiger partial charge in [0, 0.05) is 28.9 Å². The molecule has 1 N–H and O–H groups in total. The monoisotopic (exact) mass is 410 g/mol. The molecular weight excluding hydrogens is 372 g/mol. The number of carbonyl (C=O) groups is 1. The standard InChI is InChI=1S/C26H38O2Si/c1-19(22-15-16-23-24(28)8-7-17-25(22,23)2)9-10-20-11-13-21(14-12-20)26(3,18-27)29(4,5)6/h11-14,19,22-23,27H,7-8,15-18H2,1-6H3/t19-,22-,23+,25-,26?/m1/s1. The molecular formula is C26H38O2Si. The van der Waals surface area contributed by atoms with Crippen molar-refractivity contribution >= 4 is 13.9 Å². The highest BCUT2D eigenvalue weighted by Gasteiger charge is 2.52. The van der Waals surface area contributed by atoms with Crippen LogP contribution < -0.4 is 0 Å². The molecule has 1 aromatic carbocycles. The predicted octanol–water partition coefficient (Wildman–Crippen LogP) is 5.59. The Bertz CT molecular complexity index is 810. The second-order valence-electron chi connectivity index (χ2n) is 10.9. The van der Waals surface area contributed by atoms with Crippen LogP contribution >= 0.6 is 0 Å². The zero-order valence-electron chi connectivity index (χ0n) is 19.1. The van der Waals surface area contributed by atoms with Gasteiger partial charge in [0.2, 0.25) is 0 Å². The van der Waals surface area contributed by atoms with Crippen molar-refractivity contribution in [2.75, 3.05) is 6.61 Å². The number of fused-ring (bicyclic) bond motifs is 1. The van der Waals surface area contributed by atoms with E-state index in [-0.39, 0.29) is 23.0 Å². The van der Waals surface area contributed by atoms with Gasteiger partial charge < -0.3 is 5.11 Å². The molecule has 3 rings (SSSR count). The van der Waals surface area contributed by atoms with Crippen LogP contribution in [0.1, 0.15) is 64.0 Å². The molecule has 0 aliphatic heterocycles. The van der Waals surface area contributed by atoms with Gasteiger partial charge >= 0.3 is 0 Å². The topological polar surface area (TPSA) is 37.3 Å². The molecule has 2 fully saturated rings. The Morgan fingerprint density at radius 2 is 1.90 bits per heavy atom. The van der Waals surface area contributed by atoms with E-state index < -0.39 is 8.07 Å². The summed E-state index contributed by atoms with van der Waals surface area (Å²) in [6.45, 7) is 13.9. The maximum atomic E-state index is 12.4. The molecule has 0 radical (unpaired) electrons. The Balaban J connectivity index is 1.76. The van der Waals surface area contributed by atoms with E-state index in [0.29, 0.717) is 17.6 Å². The molecule has 2 aliphatic carbocycles. The van der Waals surface area contributed by atoms with Gasteiger partial charge in [-0.1, -0.05) is 64.4 Å². The SMILES string of the molecule is C[C@H](C#Cc1ccc(C(C)(CO)[Si](C)(C)C)cc1)[C@H]1CC[C@H]2C(=O)CCC[C@]12C. The first-order valence-electron chi connectivity index (χ1n) is 11.3. The summed E-state index contributed by atoms with van der Waals surface area (Å²) in [6.07, 6.45) is 5.18. The Hall–Kier alpha value is -1.37. The van der Waals surface area contributed by atoms with Crippen molar-refractivity contribution in [3.8, 4) is 11.8 Å². The zero-order valence-corrected chi connectivity index (χ0v) is 20.1. The van der Waals surface area contributed by atoms with Crippen LogP contribution in [0, 0.1) is 35.0 Å². The molecule has 0 bridgehead atoms. The smallest absolute Gasteiger partial charge is 0.136 e. The quantitative estimate of drug-likeness (QED) is 0.519. The van der Waals surface area contributed by atoms with Crippen molar-refractivity contribution in [3.05, 3.63) is 35.4 Å². The molecule has 2 saturated carbocycles. The molecule has 0 heterocycles. The summed E-state index contributed by atoms with van der Waals surface area (Å²) in [5.74, 6) is 8.49. The van der Waals surface area contributed by atoms with Crippen LogP contribution in [-0.2, 0) is 9.83 Å². The lowest BCUT2D eigenvalue weighted by Gasteiger charge is -2.41. The summed E-state index contributed by atoms with van der Waals surface area (Å²) in [6, 6.07) is 8.50. The number of benzene rings is 1. The van der Waals surface area contributed by atoms with Crippen molar-refractivity contribution in [2.45, 2.75) is 77.6 Å². The van der Waals surface area contributed by atoms with Gasteiger partial charge in [-0.3, -0.25) is 4.79 Å². The molecule has 5 atom stereocenters. The molecule has 29 heavy (non-hydrogen) atoms. The van der Waals surface area contributed by atoms with Crippen LogP contribution in [0.5, 0.6) is 0 Å². The van der Waals surface area contributed by atoms with Gasteiger partial charge in [-0.05, 0) is 54.7 Å². The van der Waals surface area contributed by atoms with Crippen LogP contribution in [0.15, 0.2) is 24.3 Å². The molecule has 3 heteroatoms. The summed E-state index contributed by atoms with van der Waals surface area (Å²) >= 11 is 0. The maximum absolute atomic E-state index is 12.4. The summed E-state index contributed by atoms with van der Waals surface area (Å²) in [4.78, 5) is 12.4. The molecule has 0 saturated heterocycles. The van der Waals surface area contributed by atoms with E-state index in [4.69, 9.17) is 0 Å². The van der Waals surface area contributed by atoms with Gasteiger partial charge in [-0.25, -0.2) is 0 Å². The van der Waals surface area contributed by atoms with Gasteiger partial charge in [0.05, 0.1) is 14.7 Å². The van der Waals surface area contributed by atoms with E-state index >= 15 is 0 Å². The lowest BCUT2D eigenvalue weighted by molar-refractivity contribution is -0.129. The van der Waals surface area contributed by atoms with Gasteiger partial charge in [-0.15, -0.1) is 0 Å². The van der Waals surface area contributed by atoms with Crippen molar-refractivity contribution in [1.29, 1.82) is 0 Å². The highest BCUT2D eigenvalue weighted by atomic mass is 28.3. The number of hydrogen-bond acceptors (Lipinski definition) is 2. The second-order valence-corrected chi connectivity index (χ2v) is 16.5. The van der Waals surface area contributed by atoms with Crippen LogP contribution in [0.25, 0.3) is 0 Å². The number of hydrogen-bond donors (Lipinski definition) is 1. The minimum atomic E-state index is -1.57. The molecule has 1 aromatic rings. The number of Topliss-reactive ketones (excluding diaryl/α,β-unsaturated/α-hetero) is 1.